The van der Waals surface area contributed by atoms with Crippen molar-refractivity contribution in [2.24, 2.45) is 0 Å². The van der Waals surface area contributed by atoms with Crippen LogP contribution in [0.25, 0.3) is 0 Å². The van der Waals surface area contributed by atoms with Crippen LogP contribution in [-0.4, -0.2) is 48.2 Å². The van der Waals surface area contributed by atoms with Crippen LogP contribution in [0.3, 0.4) is 0 Å². The maximum Gasteiger partial charge on any atom is 0.161 e. The summed E-state index contributed by atoms with van der Waals surface area (Å²) in [6.45, 7) is 1.24. The molecule has 0 heterocycles. The Balaban J connectivity index is 1.63. The number of rotatable bonds is 9. The molecule has 2 aromatic rings. The van der Waals surface area contributed by atoms with E-state index in [4.69, 9.17) is 9.47 Å². The first-order valence-corrected chi connectivity index (χ1v) is 7.75. The molecule has 1 atom stereocenters. The first kappa shape index (κ1) is 17.9. The highest BCUT2D eigenvalue weighted by Gasteiger charge is 2.07. The van der Waals surface area contributed by atoms with Crippen molar-refractivity contribution >= 4 is 0 Å². The zero-order valence-electron chi connectivity index (χ0n) is 13.6. The summed E-state index contributed by atoms with van der Waals surface area (Å²) in [6.07, 6.45) is 0.181. The highest BCUT2D eigenvalue weighted by Crippen LogP contribution is 2.28. The fourth-order valence-electron chi connectivity index (χ4n) is 2.14. The standard InChI is InChI=1S/C18H23NO5/c1-23-15-4-2-13(3-5-15)8-9-19-11-14(20)12-24-16-6-7-17(21)18(22)10-16/h2-7,10,14,19-22H,8-9,11-12H2,1H3/t14-/m0/s1. The molecule has 0 saturated carbocycles. The van der Waals surface area contributed by atoms with Crippen LogP contribution in [0, 0.1) is 0 Å². The molecule has 0 aromatic heterocycles. The van der Waals surface area contributed by atoms with Gasteiger partial charge in [0.25, 0.3) is 0 Å². The Bertz CT molecular complexity index is 630. The van der Waals surface area contributed by atoms with Crippen LogP contribution in [0.5, 0.6) is 23.0 Å². The van der Waals surface area contributed by atoms with E-state index in [9.17, 15) is 15.3 Å². The second-order valence-electron chi connectivity index (χ2n) is 5.42. The van der Waals surface area contributed by atoms with Gasteiger partial charge in [-0.25, -0.2) is 0 Å². The van der Waals surface area contributed by atoms with Gasteiger partial charge in [-0.1, -0.05) is 12.1 Å². The molecule has 0 aliphatic heterocycles. The number of methoxy groups -OCH3 is 1. The lowest BCUT2D eigenvalue weighted by Gasteiger charge is -2.13. The topological polar surface area (TPSA) is 91.2 Å². The summed E-state index contributed by atoms with van der Waals surface area (Å²) < 4.78 is 10.5. The summed E-state index contributed by atoms with van der Waals surface area (Å²) in [5, 5.41) is 31.6. The van der Waals surface area contributed by atoms with E-state index in [-0.39, 0.29) is 18.1 Å². The van der Waals surface area contributed by atoms with Gasteiger partial charge in [-0.05, 0) is 42.8 Å². The largest absolute Gasteiger partial charge is 0.504 e. The van der Waals surface area contributed by atoms with Gasteiger partial charge in [-0.2, -0.15) is 0 Å². The van der Waals surface area contributed by atoms with Gasteiger partial charge in [0, 0.05) is 12.6 Å². The third-order valence-electron chi connectivity index (χ3n) is 3.52. The second kappa shape index (κ2) is 9.00. The van der Waals surface area contributed by atoms with E-state index in [1.807, 2.05) is 24.3 Å². The summed E-state index contributed by atoms with van der Waals surface area (Å²) in [4.78, 5) is 0. The third-order valence-corrected chi connectivity index (χ3v) is 3.52. The molecule has 2 aromatic carbocycles. The summed E-state index contributed by atoms with van der Waals surface area (Å²) in [7, 11) is 1.64. The summed E-state index contributed by atoms with van der Waals surface area (Å²) in [6, 6.07) is 12.0. The Morgan fingerprint density at radius 1 is 1.00 bits per heavy atom. The van der Waals surface area contributed by atoms with Gasteiger partial charge in [-0.15, -0.1) is 0 Å². The van der Waals surface area contributed by atoms with Gasteiger partial charge in [-0.3, -0.25) is 0 Å². The molecule has 4 N–H and O–H groups in total. The Hall–Kier alpha value is -2.44. The first-order valence-electron chi connectivity index (χ1n) is 7.75. The Morgan fingerprint density at radius 2 is 1.71 bits per heavy atom. The second-order valence-corrected chi connectivity index (χ2v) is 5.42. The van der Waals surface area contributed by atoms with E-state index in [0.29, 0.717) is 12.3 Å². The molecular formula is C18H23NO5. The van der Waals surface area contributed by atoms with Crippen molar-refractivity contribution in [3.8, 4) is 23.0 Å². The maximum atomic E-state index is 9.88. The van der Waals surface area contributed by atoms with Crippen molar-refractivity contribution in [2.45, 2.75) is 12.5 Å². The average Bonchev–Trinajstić information content (AvgIpc) is 2.60. The predicted octanol–water partition coefficient (Wildman–Crippen LogP) is 1.68. The number of aromatic hydroxyl groups is 2. The molecule has 0 radical (unpaired) electrons. The summed E-state index contributed by atoms with van der Waals surface area (Å²) in [5.41, 5.74) is 1.19. The SMILES string of the molecule is COc1ccc(CCNC[C@H](O)COc2ccc(O)c(O)c2)cc1. The molecule has 0 bridgehead atoms. The molecule has 0 unspecified atom stereocenters. The number of ether oxygens (including phenoxy) is 2. The molecule has 0 aliphatic carbocycles. The molecule has 130 valence electrons. The van der Waals surface area contributed by atoms with Gasteiger partial charge in [0.05, 0.1) is 7.11 Å². The zero-order valence-corrected chi connectivity index (χ0v) is 13.6. The minimum Gasteiger partial charge on any atom is -0.504 e. The van der Waals surface area contributed by atoms with E-state index in [0.717, 1.165) is 18.7 Å². The van der Waals surface area contributed by atoms with Gasteiger partial charge in [0.1, 0.15) is 24.2 Å². The molecule has 6 nitrogen and oxygen atoms in total. The maximum absolute atomic E-state index is 9.88. The number of hydrogen-bond acceptors (Lipinski definition) is 6. The van der Waals surface area contributed by atoms with E-state index in [1.54, 1.807) is 7.11 Å². The predicted molar refractivity (Wildman–Crippen MR) is 90.8 cm³/mol. The lowest BCUT2D eigenvalue weighted by Crippen LogP contribution is -2.32. The molecule has 0 saturated heterocycles. The first-order chi connectivity index (χ1) is 11.6. The lowest BCUT2D eigenvalue weighted by molar-refractivity contribution is 0.106. The van der Waals surface area contributed by atoms with Crippen molar-refractivity contribution in [3.05, 3.63) is 48.0 Å². The minimum atomic E-state index is -0.670. The Labute approximate surface area is 141 Å². The smallest absolute Gasteiger partial charge is 0.161 e. The minimum absolute atomic E-state index is 0.0970. The summed E-state index contributed by atoms with van der Waals surface area (Å²) in [5.74, 6) is 0.768. The quantitative estimate of drug-likeness (QED) is 0.412. The highest BCUT2D eigenvalue weighted by atomic mass is 16.5. The molecule has 0 amide bonds. The number of aliphatic hydroxyl groups excluding tert-OH is 1. The number of phenols is 2. The van der Waals surface area contributed by atoms with Crippen LogP contribution in [0.15, 0.2) is 42.5 Å². The molecule has 0 spiro atoms. The van der Waals surface area contributed by atoms with Gasteiger partial charge in [0.15, 0.2) is 11.5 Å². The van der Waals surface area contributed by atoms with Crippen molar-refractivity contribution < 1.29 is 24.8 Å². The Morgan fingerprint density at radius 3 is 2.38 bits per heavy atom. The van der Waals surface area contributed by atoms with Crippen molar-refractivity contribution in [1.29, 1.82) is 0 Å². The number of nitrogens with one attached hydrogen (secondary N) is 1. The number of benzene rings is 2. The monoisotopic (exact) mass is 333 g/mol. The van der Waals surface area contributed by atoms with Crippen LogP contribution in [0.2, 0.25) is 0 Å². The van der Waals surface area contributed by atoms with E-state index >= 15 is 0 Å². The molecule has 0 aliphatic rings. The van der Waals surface area contributed by atoms with Crippen molar-refractivity contribution in [1.82, 2.24) is 5.32 Å². The van der Waals surface area contributed by atoms with Gasteiger partial charge >= 0.3 is 0 Å². The van der Waals surface area contributed by atoms with Crippen LogP contribution >= 0.6 is 0 Å². The molecule has 24 heavy (non-hydrogen) atoms. The zero-order chi connectivity index (χ0) is 17.4. The van der Waals surface area contributed by atoms with Crippen LogP contribution in [0.1, 0.15) is 5.56 Å². The van der Waals surface area contributed by atoms with E-state index < -0.39 is 6.10 Å². The molecule has 0 fully saturated rings. The van der Waals surface area contributed by atoms with Crippen LogP contribution < -0.4 is 14.8 Å². The van der Waals surface area contributed by atoms with Gasteiger partial charge < -0.3 is 30.1 Å². The molecular weight excluding hydrogens is 310 g/mol. The average molecular weight is 333 g/mol. The van der Waals surface area contributed by atoms with Crippen molar-refractivity contribution in [3.63, 3.8) is 0 Å². The van der Waals surface area contributed by atoms with Crippen LogP contribution in [0.4, 0.5) is 0 Å². The molecule has 6 heteroatoms. The fourth-order valence-corrected chi connectivity index (χ4v) is 2.14. The fraction of sp³-hybridized carbons (Fsp3) is 0.333. The highest BCUT2D eigenvalue weighted by molar-refractivity contribution is 5.43. The van der Waals surface area contributed by atoms with Gasteiger partial charge in [0.2, 0.25) is 0 Å². The van der Waals surface area contributed by atoms with Crippen LogP contribution in [-0.2, 0) is 6.42 Å². The number of hydrogen-bond donors (Lipinski definition) is 4. The third kappa shape index (κ3) is 5.64. The lowest BCUT2D eigenvalue weighted by atomic mass is 10.1. The normalized spacial score (nSPS) is 11.9. The van der Waals surface area contributed by atoms with E-state index in [2.05, 4.69) is 5.32 Å². The van der Waals surface area contributed by atoms with E-state index in [1.165, 1.54) is 23.8 Å². The van der Waals surface area contributed by atoms with Crippen molar-refractivity contribution in [2.75, 3.05) is 26.8 Å². The molecule has 2 rings (SSSR count). The Kier molecular flexibility index (Phi) is 6.72. The summed E-state index contributed by atoms with van der Waals surface area (Å²) >= 11 is 0. The number of aliphatic hydroxyl groups is 1. The number of phenolic OH excluding ortho intramolecular Hbond substituents is 2.